The smallest absolute Gasteiger partial charge is 0.199 e. The molecular weight excluding hydrogens is 416 g/mol. The van der Waals surface area contributed by atoms with Gasteiger partial charge in [0.15, 0.2) is 6.29 Å². The predicted octanol–water partition coefficient (Wildman–Crippen LogP) is 8.72. The molecule has 0 aliphatic carbocycles. The minimum Gasteiger partial charge on any atom is -0.464 e. The highest BCUT2D eigenvalue weighted by molar-refractivity contribution is 5.83. The third-order valence-electron chi connectivity index (χ3n) is 6.52. The SMILES string of the molecule is CC(C)c1ccc(OC2CCCCO2)c(-c2cc(-c3ccccc3)cc(-c3ccccc3)c2)c1. The highest BCUT2D eigenvalue weighted by atomic mass is 16.7. The molecule has 0 aromatic heterocycles. The van der Waals surface area contributed by atoms with Crippen molar-refractivity contribution < 1.29 is 9.47 Å². The summed E-state index contributed by atoms with van der Waals surface area (Å²) in [5.74, 6) is 1.32. The lowest BCUT2D eigenvalue weighted by Crippen LogP contribution is -2.25. The predicted molar refractivity (Wildman–Crippen MR) is 141 cm³/mol. The maximum absolute atomic E-state index is 6.44. The maximum atomic E-state index is 6.44. The monoisotopic (exact) mass is 448 g/mol. The lowest BCUT2D eigenvalue weighted by Gasteiger charge is -2.25. The molecule has 2 nitrogen and oxygen atoms in total. The molecular formula is C32H32O2. The van der Waals surface area contributed by atoms with Gasteiger partial charge in [-0.15, -0.1) is 0 Å². The summed E-state index contributed by atoms with van der Waals surface area (Å²) in [6.45, 7) is 5.24. The fraction of sp³-hybridized carbons (Fsp3) is 0.250. The van der Waals surface area contributed by atoms with Gasteiger partial charge in [-0.3, -0.25) is 0 Å². The van der Waals surface area contributed by atoms with Crippen molar-refractivity contribution in [3.63, 3.8) is 0 Å². The maximum Gasteiger partial charge on any atom is 0.199 e. The van der Waals surface area contributed by atoms with Gasteiger partial charge in [0.2, 0.25) is 0 Å². The average molecular weight is 449 g/mol. The largest absolute Gasteiger partial charge is 0.464 e. The first-order chi connectivity index (χ1) is 16.7. The Labute approximate surface area is 203 Å². The van der Waals surface area contributed by atoms with Gasteiger partial charge >= 0.3 is 0 Å². The van der Waals surface area contributed by atoms with Crippen LogP contribution in [0.5, 0.6) is 5.75 Å². The van der Waals surface area contributed by atoms with E-state index in [9.17, 15) is 0 Å². The third-order valence-corrected chi connectivity index (χ3v) is 6.52. The molecule has 1 saturated heterocycles. The number of hydrogen-bond acceptors (Lipinski definition) is 2. The molecule has 1 heterocycles. The highest BCUT2D eigenvalue weighted by Gasteiger charge is 2.19. The number of rotatable bonds is 6. The highest BCUT2D eigenvalue weighted by Crippen LogP contribution is 2.39. The molecule has 1 fully saturated rings. The number of ether oxygens (including phenoxy) is 2. The quantitative estimate of drug-likeness (QED) is 0.294. The van der Waals surface area contributed by atoms with E-state index in [1.807, 2.05) is 0 Å². The molecule has 0 radical (unpaired) electrons. The van der Waals surface area contributed by atoms with E-state index in [0.29, 0.717) is 5.92 Å². The fourth-order valence-electron chi connectivity index (χ4n) is 4.56. The van der Waals surface area contributed by atoms with Gasteiger partial charge in [0.25, 0.3) is 0 Å². The molecule has 1 aliphatic heterocycles. The van der Waals surface area contributed by atoms with Crippen molar-refractivity contribution in [2.24, 2.45) is 0 Å². The molecule has 2 heteroatoms. The summed E-state index contributed by atoms with van der Waals surface area (Å²) in [7, 11) is 0. The van der Waals surface area contributed by atoms with Crippen molar-refractivity contribution in [1.82, 2.24) is 0 Å². The molecule has 1 aliphatic rings. The van der Waals surface area contributed by atoms with Crippen molar-refractivity contribution in [2.75, 3.05) is 6.61 Å². The Hall–Kier alpha value is -3.36. The Kier molecular flexibility index (Phi) is 6.78. The number of hydrogen-bond donors (Lipinski definition) is 0. The van der Waals surface area contributed by atoms with Gasteiger partial charge in [-0.1, -0.05) is 80.6 Å². The van der Waals surface area contributed by atoms with Crippen molar-refractivity contribution in [3.05, 3.63) is 103 Å². The van der Waals surface area contributed by atoms with Crippen LogP contribution < -0.4 is 4.74 Å². The molecule has 0 saturated carbocycles. The first-order valence-electron chi connectivity index (χ1n) is 12.4. The van der Waals surface area contributed by atoms with Crippen LogP contribution in [-0.4, -0.2) is 12.9 Å². The molecule has 0 bridgehead atoms. The van der Waals surface area contributed by atoms with Crippen molar-refractivity contribution in [3.8, 4) is 39.1 Å². The second kappa shape index (κ2) is 10.3. The molecule has 4 aromatic carbocycles. The molecule has 1 unspecified atom stereocenters. The van der Waals surface area contributed by atoms with Crippen LogP contribution in [0.1, 0.15) is 44.6 Å². The van der Waals surface area contributed by atoms with Gasteiger partial charge in [-0.05, 0) is 82.5 Å². The summed E-state index contributed by atoms with van der Waals surface area (Å²) in [6, 6.07) is 34.7. The van der Waals surface area contributed by atoms with E-state index >= 15 is 0 Å². The van der Waals surface area contributed by atoms with E-state index in [4.69, 9.17) is 9.47 Å². The molecule has 4 aromatic rings. The van der Waals surface area contributed by atoms with Crippen molar-refractivity contribution in [1.29, 1.82) is 0 Å². The molecule has 0 N–H and O–H groups in total. The Bertz CT molecular complexity index is 1160. The summed E-state index contributed by atoms with van der Waals surface area (Å²) in [4.78, 5) is 0. The summed E-state index contributed by atoms with van der Waals surface area (Å²) >= 11 is 0. The molecule has 1 atom stereocenters. The Morgan fingerprint density at radius 1 is 0.676 bits per heavy atom. The van der Waals surface area contributed by atoms with E-state index in [1.165, 1.54) is 27.8 Å². The van der Waals surface area contributed by atoms with Gasteiger partial charge in [-0.2, -0.15) is 0 Å². The van der Waals surface area contributed by atoms with Gasteiger partial charge in [0.1, 0.15) is 5.75 Å². The Balaban J connectivity index is 1.66. The van der Waals surface area contributed by atoms with Crippen LogP contribution in [0.4, 0.5) is 0 Å². The zero-order valence-corrected chi connectivity index (χ0v) is 20.0. The van der Waals surface area contributed by atoms with E-state index in [2.05, 4.69) is 111 Å². The molecule has 34 heavy (non-hydrogen) atoms. The minimum atomic E-state index is -0.178. The summed E-state index contributed by atoms with van der Waals surface area (Å²) < 4.78 is 12.4. The van der Waals surface area contributed by atoms with E-state index in [-0.39, 0.29) is 6.29 Å². The lowest BCUT2D eigenvalue weighted by atomic mass is 9.91. The normalized spacial score (nSPS) is 15.9. The summed E-state index contributed by atoms with van der Waals surface area (Å²) in [6.07, 6.45) is 3.01. The fourth-order valence-corrected chi connectivity index (χ4v) is 4.56. The first-order valence-corrected chi connectivity index (χ1v) is 12.4. The second-order valence-corrected chi connectivity index (χ2v) is 9.36. The molecule has 0 amide bonds. The van der Waals surface area contributed by atoms with E-state index in [0.717, 1.165) is 42.7 Å². The number of benzene rings is 4. The zero-order valence-electron chi connectivity index (χ0n) is 20.0. The molecule has 172 valence electrons. The van der Waals surface area contributed by atoms with Crippen LogP contribution in [-0.2, 0) is 4.74 Å². The third kappa shape index (κ3) is 5.08. The Morgan fingerprint density at radius 2 is 1.29 bits per heavy atom. The minimum absolute atomic E-state index is 0.178. The van der Waals surface area contributed by atoms with E-state index < -0.39 is 0 Å². The zero-order chi connectivity index (χ0) is 23.3. The van der Waals surface area contributed by atoms with Crippen LogP contribution in [0.2, 0.25) is 0 Å². The van der Waals surface area contributed by atoms with Crippen molar-refractivity contribution >= 4 is 0 Å². The van der Waals surface area contributed by atoms with Crippen LogP contribution in [0, 0.1) is 0 Å². The van der Waals surface area contributed by atoms with Crippen LogP contribution in [0.15, 0.2) is 97.1 Å². The van der Waals surface area contributed by atoms with Crippen LogP contribution in [0.3, 0.4) is 0 Å². The van der Waals surface area contributed by atoms with Gasteiger partial charge in [0, 0.05) is 12.0 Å². The standard InChI is InChI=1S/C32H32O2/c1-23(2)26-16-17-31(34-32-15-9-10-18-33-32)30(22-26)29-20-27(24-11-5-3-6-12-24)19-28(21-29)25-13-7-4-8-14-25/h3-8,11-14,16-17,19-23,32H,9-10,15,18H2,1-2H3. The van der Waals surface area contributed by atoms with E-state index in [1.54, 1.807) is 0 Å². The molecule has 5 rings (SSSR count). The molecule has 0 spiro atoms. The summed E-state index contributed by atoms with van der Waals surface area (Å²) in [5.41, 5.74) is 8.40. The van der Waals surface area contributed by atoms with Crippen LogP contribution in [0.25, 0.3) is 33.4 Å². The van der Waals surface area contributed by atoms with Gasteiger partial charge in [-0.25, -0.2) is 0 Å². The van der Waals surface area contributed by atoms with Crippen molar-refractivity contribution in [2.45, 2.75) is 45.3 Å². The van der Waals surface area contributed by atoms with Gasteiger partial charge in [0.05, 0.1) is 6.61 Å². The Morgan fingerprint density at radius 3 is 1.85 bits per heavy atom. The lowest BCUT2D eigenvalue weighted by molar-refractivity contribution is -0.105. The average Bonchev–Trinajstić information content (AvgIpc) is 2.90. The first kappa shape index (κ1) is 22.4. The second-order valence-electron chi connectivity index (χ2n) is 9.36. The summed E-state index contributed by atoms with van der Waals surface area (Å²) in [5, 5.41) is 0. The topological polar surface area (TPSA) is 18.5 Å². The van der Waals surface area contributed by atoms with Crippen LogP contribution >= 0.6 is 0 Å². The van der Waals surface area contributed by atoms with Gasteiger partial charge < -0.3 is 9.47 Å².